The van der Waals surface area contributed by atoms with Crippen LogP contribution in [-0.4, -0.2) is 39.2 Å². The van der Waals surface area contributed by atoms with Gasteiger partial charge in [-0.15, -0.1) is 0 Å². The molecule has 188 valence electrons. The lowest BCUT2D eigenvalue weighted by molar-refractivity contribution is -0.119. The Morgan fingerprint density at radius 1 is 1.21 bits per heavy atom. The Morgan fingerprint density at radius 3 is 2.45 bits per heavy atom. The number of nitrogens with one attached hydrogen (secondary N) is 2. The molecule has 1 atom stereocenters. The standard InChI is InChI=1S/C16H24N2O.C8H15NO.C3H8O/c1-4-6-7-9-13(5-2)19-15-11-8-10-14-16(15)18-12(3)17-14;1-7(10)9-8-5-3-2-4-6-8;1-3(2)4/h8,10-11,13H,4-7,9H2,1-3H3,(H,17,18);8H,2-6H2,1H3,(H,9,10);3-4H,1-2H3. The van der Waals surface area contributed by atoms with Gasteiger partial charge in [0.25, 0.3) is 0 Å². The molecule has 0 radical (unpaired) electrons. The van der Waals surface area contributed by atoms with Crippen LogP contribution in [0, 0.1) is 6.92 Å². The van der Waals surface area contributed by atoms with Crippen molar-refractivity contribution in [2.45, 2.75) is 124 Å². The molecule has 1 amide bonds. The van der Waals surface area contributed by atoms with Gasteiger partial charge in [0.2, 0.25) is 5.91 Å². The number of para-hydroxylation sites is 1. The van der Waals surface area contributed by atoms with E-state index in [9.17, 15) is 4.79 Å². The fourth-order valence-electron chi connectivity index (χ4n) is 3.91. The van der Waals surface area contributed by atoms with Crippen molar-refractivity contribution in [1.29, 1.82) is 0 Å². The van der Waals surface area contributed by atoms with Crippen LogP contribution < -0.4 is 10.1 Å². The second kappa shape index (κ2) is 16.5. The lowest BCUT2D eigenvalue weighted by atomic mass is 9.95. The number of benzene rings is 1. The quantitative estimate of drug-likeness (QED) is 0.394. The monoisotopic (exact) mass is 461 g/mol. The van der Waals surface area contributed by atoms with E-state index in [1.54, 1.807) is 20.8 Å². The van der Waals surface area contributed by atoms with E-state index in [0.29, 0.717) is 12.1 Å². The number of hydrogen-bond acceptors (Lipinski definition) is 4. The van der Waals surface area contributed by atoms with E-state index in [0.717, 1.165) is 35.4 Å². The molecule has 1 unspecified atom stereocenters. The van der Waals surface area contributed by atoms with Crippen molar-refractivity contribution >= 4 is 16.9 Å². The van der Waals surface area contributed by atoms with Crippen molar-refractivity contribution in [2.24, 2.45) is 0 Å². The summed E-state index contributed by atoms with van der Waals surface area (Å²) in [5.74, 6) is 1.96. The number of aromatic nitrogens is 2. The Hall–Kier alpha value is -2.08. The molecule has 1 heterocycles. The number of aliphatic hydroxyl groups is 1. The summed E-state index contributed by atoms with van der Waals surface area (Å²) in [6, 6.07) is 6.56. The van der Waals surface area contributed by atoms with Crippen LogP contribution in [-0.2, 0) is 4.79 Å². The fraction of sp³-hybridized carbons (Fsp3) is 0.704. The SMILES string of the molecule is CC(=O)NC1CCCCC1.CC(C)O.CCCCCC(CC)Oc1cccc2[nH]c(C)nc12. The van der Waals surface area contributed by atoms with E-state index in [-0.39, 0.29) is 12.0 Å². The van der Waals surface area contributed by atoms with Gasteiger partial charge in [0, 0.05) is 19.1 Å². The molecule has 1 saturated carbocycles. The third-order valence-electron chi connectivity index (χ3n) is 5.49. The molecule has 0 saturated heterocycles. The molecule has 1 aromatic heterocycles. The second-order valence-corrected chi connectivity index (χ2v) is 9.25. The summed E-state index contributed by atoms with van der Waals surface area (Å²) in [7, 11) is 0. The molecule has 1 aromatic carbocycles. The van der Waals surface area contributed by atoms with Crippen molar-refractivity contribution in [3.05, 3.63) is 24.0 Å². The number of amides is 1. The van der Waals surface area contributed by atoms with E-state index in [1.165, 1.54) is 51.4 Å². The minimum Gasteiger partial charge on any atom is -0.488 e. The van der Waals surface area contributed by atoms with Gasteiger partial charge in [0.15, 0.2) is 0 Å². The normalized spacial score (nSPS) is 14.7. The van der Waals surface area contributed by atoms with Crippen molar-refractivity contribution in [2.75, 3.05) is 0 Å². The van der Waals surface area contributed by atoms with E-state index >= 15 is 0 Å². The van der Waals surface area contributed by atoms with Crippen molar-refractivity contribution in [1.82, 2.24) is 15.3 Å². The van der Waals surface area contributed by atoms with Gasteiger partial charge in [0.1, 0.15) is 17.1 Å². The van der Waals surface area contributed by atoms with E-state index in [4.69, 9.17) is 9.84 Å². The third kappa shape index (κ3) is 12.7. The maximum atomic E-state index is 10.6. The van der Waals surface area contributed by atoms with Crippen LogP contribution in [0.2, 0.25) is 0 Å². The first-order valence-electron chi connectivity index (χ1n) is 12.8. The lowest BCUT2D eigenvalue weighted by Crippen LogP contribution is -2.34. The van der Waals surface area contributed by atoms with Gasteiger partial charge >= 0.3 is 0 Å². The van der Waals surface area contributed by atoms with Crippen molar-refractivity contribution in [3.63, 3.8) is 0 Å². The zero-order valence-electron chi connectivity index (χ0n) is 21.7. The molecule has 0 bridgehead atoms. The number of fused-ring (bicyclic) bond motifs is 1. The summed E-state index contributed by atoms with van der Waals surface area (Å²) in [6.45, 7) is 11.4. The van der Waals surface area contributed by atoms with Gasteiger partial charge in [-0.25, -0.2) is 4.98 Å². The fourth-order valence-corrected chi connectivity index (χ4v) is 3.91. The molecule has 0 spiro atoms. The minimum atomic E-state index is -0.167. The zero-order chi connectivity index (χ0) is 24.6. The number of aliphatic hydroxyl groups excluding tert-OH is 1. The highest BCUT2D eigenvalue weighted by Gasteiger charge is 2.13. The van der Waals surface area contributed by atoms with Crippen molar-refractivity contribution < 1.29 is 14.6 Å². The minimum absolute atomic E-state index is 0.118. The largest absolute Gasteiger partial charge is 0.488 e. The highest BCUT2D eigenvalue weighted by Crippen LogP contribution is 2.26. The number of H-pyrrole nitrogens is 1. The third-order valence-corrected chi connectivity index (χ3v) is 5.49. The number of ether oxygens (including phenoxy) is 1. The number of nitrogens with zero attached hydrogens (tertiary/aromatic N) is 1. The number of rotatable bonds is 8. The number of aromatic amines is 1. The Morgan fingerprint density at radius 2 is 1.88 bits per heavy atom. The molecule has 1 fully saturated rings. The van der Waals surface area contributed by atoms with Crippen LogP contribution in [0.25, 0.3) is 11.0 Å². The van der Waals surface area contributed by atoms with Gasteiger partial charge < -0.3 is 20.1 Å². The number of aryl methyl sites for hydroxylation is 1. The summed E-state index contributed by atoms with van der Waals surface area (Å²) < 4.78 is 6.15. The molecule has 6 heteroatoms. The van der Waals surface area contributed by atoms with Gasteiger partial charge in [0.05, 0.1) is 11.6 Å². The van der Waals surface area contributed by atoms with Crippen molar-refractivity contribution in [3.8, 4) is 5.75 Å². The molecule has 3 N–H and O–H groups in total. The van der Waals surface area contributed by atoms with Crippen LogP contribution in [0.1, 0.15) is 105 Å². The first-order valence-corrected chi connectivity index (χ1v) is 12.8. The number of unbranched alkanes of at least 4 members (excludes halogenated alkanes) is 2. The highest BCUT2D eigenvalue weighted by atomic mass is 16.5. The molecular formula is C27H47N3O3. The summed E-state index contributed by atoms with van der Waals surface area (Å²) in [4.78, 5) is 18.4. The smallest absolute Gasteiger partial charge is 0.217 e. The summed E-state index contributed by atoms with van der Waals surface area (Å²) in [6.07, 6.45) is 12.4. The topological polar surface area (TPSA) is 87.2 Å². The zero-order valence-corrected chi connectivity index (χ0v) is 21.7. The molecule has 33 heavy (non-hydrogen) atoms. The van der Waals surface area contributed by atoms with Gasteiger partial charge in [-0.1, -0.05) is 52.0 Å². The van der Waals surface area contributed by atoms with E-state index in [2.05, 4.69) is 29.1 Å². The number of hydrogen-bond donors (Lipinski definition) is 3. The van der Waals surface area contributed by atoms with Crippen LogP contribution >= 0.6 is 0 Å². The van der Waals surface area contributed by atoms with E-state index in [1.807, 2.05) is 25.1 Å². The Balaban J connectivity index is 0.000000325. The molecule has 0 aliphatic heterocycles. The van der Waals surface area contributed by atoms with Crippen LogP contribution in [0.4, 0.5) is 0 Å². The maximum Gasteiger partial charge on any atom is 0.217 e. The predicted octanol–water partition coefficient (Wildman–Crippen LogP) is 6.45. The summed E-state index contributed by atoms with van der Waals surface area (Å²) in [5.41, 5.74) is 2.01. The molecule has 2 aromatic rings. The molecule has 3 rings (SSSR count). The molecule has 6 nitrogen and oxygen atoms in total. The van der Waals surface area contributed by atoms with Gasteiger partial charge in [-0.3, -0.25) is 4.79 Å². The number of carbonyl (C=O) groups excluding carboxylic acids is 1. The average molecular weight is 462 g/mol. The highest BCUT2D eigenvalue weighted by molar-refractivity contribution is 5.81. The Labute approximate surface area is 200 Å². The molecule has 1 aliphatic carbocycles. The van der Waals surface area contributed by atoms with Crippen LogP contribution in [0.5, 0.6) is 5.75 Å². The molecule has 1 aliphatic rings. The maximum absolute atomic E-state index is 10.6. The Bertz CT molecular complexity index is 779. The molecular weight excluding hydrogens is 414 g/mol. The first-order chi connectivity index (χ1) is 15.8. The Kier molecular flexibility index (Phi) is 14.5. The van der Waals surface area contributed by atoms with Gasteiger partial charge in [-0.05, 0) is 65.0 Å². The first kappa shape index (κ1) is 29.0. The average Bonchev–Trinajstić information content (AvgIpc) is 3.14. The predicted molar refractivity (Wildman–Crippen MR) is 138 cm³/mol. The summed E-state index contributed by atoms with van der Waals surface area (Å²) >= 11 is 0. The lowest BCUT2D eigenvalue weighted by Gasteiger charge is -2.21. The number of carbonyl (C=O) groups is 1. The van der Waals surface area contributed by atoms with Crippen LogP contribution in [0.3, 0.4) is 0 Å². The number of imidazole rings is 1. The van der Waals surface area contributed by atoms with E-state index < -0.39 is 0 Å². The second-order valence-electron chi connectivity index (χ2n) is 9.25. The van der Waals surface area contributed by atoms with Gasteiger partial charge in [-0.2, -0.15) is 0 Å². The summed E-state index contributed by atoms with van der Waals surface area (Å²) in [5, 5.41) is 11.0. The van der Waals surface area contributed by atoms with Crippen LogP contribution in [0.15, 0.2) is 18.2 Å².